The number of nitrogens with zero attached hydrogens (tertiary/aromatic N) is 1. The Kier molecular flexibility index (Phi) is 10.4. The number of anilines is 1. The fraction of sp³-hybridized carbons (Fsp3) is 0.296. The van der Waals surface area contributed by atoms with Crippen molar-refractivity contribution in [3.05, 3.63) is 88.0 Å². The summed E-state index contributed by atoms with van der Waals surface area (Å²) < 4.78 is 11.2. The lowest BCUT2D eigenvalue weighted by molar-refractivity contribution is -0.149. The molecule has 0 bridgehead atoms. The van der Waals surface area contributed by atoms with Gasteiger partial charge in [-0.15, -0.1) is 0 Å². The largest absolute Gasteiger partial charge is 0.494 e. The lowest BCUT2D eigenvalue weighted by Gasteiger charge is -2.20. The molecule has 1 heterocycles. The SMILES string of the molecule is CC(C)OC(=O)[C@H](Cc1ccc(OCCCNc2ccccn2)cc1)NC(=O)c1c(Cl)cccc1Cl. The molecule has 0 unspecified atom stereocenters. The third-order valence-electron chi connectivity index (χ3n) is 5.06. The molecule has 7 nitrogen and oxygen atoms in total. The average Bonchev–Trinajstić information content (AvgIpc) is 2.84. The van der Waals surface area contributed by atoms with E-state index in [1.807, 2.05) is 42.5 Å². The molecule has 3 aromatic rings. The first-order chi connectivity index (χ1) is 17.3. The van der Waals surface area contributed by atoms with E-state index < -0.39 is 17.9 Å². The minimum Gasteiger partial charge on any atom is -0.494 e. The van der Waals surface area contributed by atoms with Crippen molar-refractivity contribution >= 4 is 40.9 Å². The molecule has 1 amide bonds. The number of pyridine rings is 1. The van der Waals surface area contributed by atoms with Crippen LogP contribution in [0.5, 0.6) is 5.75 Å². The summed E-state index contributed by atoms with van der Waals surface area (Å²) >= 11 is 12.3. The van der Waals surface area contributed by atoms with Gasteiger partial charge in [0.1, 0.15) is 17.6 Å². The number of esters is 1. The summed E-state index contributed by atoms with van der Waals surface area (Å²) in [4.78, 5) is 29.8. The minimum absolute atomic E-state index is 0.115. The Morgan fingerprint density at radius 2 is 1.69 bits per heavy atom. The molecule has 0 fully saturated rings. The summed E-state index contributed by atoms with van der Waals surface area (Å²) in [5, 5.41) is 6.36. The van der Waals surface area contributed by atoms with E-state index in [2.05, 4.69) is 15.6 Å². The van der Waals surface area contributed by atoms with Crippen molar-refractivity contribution in [1.82, 2.24) is 10.3 Å². The summed E-state index contributed by atoms with van der Waals surface area (Å²) in [6, 6.07) is 16.9. The van der Waals surface area contributed by atoms with Crippen molar-refractivity contribution in [1.29, 1.82) is 0 Å². The van der Waals surface area contributed by atoms with Gasteiger partial charge in [0.25, 0.3) is 5.91 Å². The molecule has 0 spiro atoms. The fourth-order valence-electron chi connectivity index (χ4n) is 3.36. The van der Waals surface area contributed by atoms with Gasteiger partial charge in [-0.05, 0) is 62.2 Å². The number of hydrogen-bond donors (Lipinski definition) is 2. The number of aromatic nitrogens is 1. The van der Waals surface area contributed by atoms with Gasteiger partial charge >= 0.3 is 5.97 Å². The number of ether oxygens (including phenoxy) is 2. The average molecular weight is 530 g/mol. The number of benzene rings is 2. The fourth-order valence-corrected chi connectivity index (χ4v) is 3.93. The van der Waals surface area contributed by atoms with Crippen molar-refractivity contribution in [3.63, 3.8) is 0 Å². The zero-order valence-electron chi connectivity index (χ0n) is 20.2. The molecule has 3 rings (SSSR count). The van der Waals surface area contributed by atoms with Gasteiger partial charge < -0.3 is 20.1 Å². The van der Waals surface area contributed by atoms with Crippen molar-refractivity contribution in [2.45, 2.75) is 38.8 Å². The molecule has 36 heavy (non-hydrogen) atoms. The van der Waals surface area contributed by atoms with Gasteiger partial charge in [-0.1, -0.05) is 47.5 Å². The standard InChI is InChI=1S/C27H29Cl2N3O4/c1-18(2)36-27(34)23(32-26(33)25-21(28)7-5-8-22(25)29)17-19-10-12-20(13-11-19)35-16-6-15-31-24-9-3-4-14-30-24/h3-5,7-14,18,23H,6,15-17H2,1-2H3,(H,30,31)(H,32,33)/t23-/m0/s1. The number of carbonyl (C=O) groups excluding carboxylic acids is 2. The molecule has 0 aliphatic rings. The van der Waals surface area contributed by atoms with E-state index in [0.717, 1.165) is 24.3 Å². The minimum atomic E-state index is -0.920. The third kappa shape index (κ3) is 8.43. The van der Waals surface area contributed by atoms with Crippen LogP contribution in [0.4, 0.5) is 5.82 Å². The highest BCUT2D eigenvalue weighted by Crippen LogP contribution is 2.24. The van der Waals surface area contributed by atoms with Crippen LogP contribution in [0.2, 0.25) is 10.0 Å². The molecule has 1 aromatic heterocycles. The number of carbonyl (C=O) groups is 2. The Balaban J connectivity index is 1.57. The quantitative estimate of drug-likeness (QED) is 0.235. The van der Waals surface area contributed by atoms with Gasteiger partial charge in [0.05, 0.1) is 28.3 Å². The smallest absolute Gasteiger partial charge is 0.329 e. The van der Waals surface area contributed by atoms with Crippen LogP contribution in [-0.4, -0.2) is 42.2 Å². The molecule has 2 aromatic carbocycles. The number of halogens is 2. The summed E-state index contributed by atoms with van der Waals surface area (Å²) in [6.07, 6.45) is 2.44. The maximum Gasteiger partial charge on any atom is 0.329 e. The van der Waals surface area contributed by atoms with Gasteiger partial charge in [0, 0.05) is 19.2 Å². The van der Waals surface area contributed by atoms with E-state index >= 15 is 0 Å². The highest BCUT2D eigenvalue weighted by atomic mass is 35.5. The van der Waals surface area contributed by atoms with E-state index in [4.69, 9.17) is 32.7 Å². The van der Waals surface area contributed by atoms with Crippen LogP contribution in [0.25, 0.3) is 0 Å². The lowest BCUT2D eigenvalue weighted by Crippen LogP contribution is -2.44. The van der Waals surface area contributed by atoms with Crippen molar-refractivity contribution in [3.8, 4) is 5.75 Å². The van der Waals surface area contributed by atoms with E-state index in [9.17, 15) is 9.59 Å². The Labute approximate surface area is 221 Å². The zero-order chi connectivity index (χ0) is 25.9. The van der Waals surface area contributed by atoms with E-state index in [1.165, 1.54) is 0 Å². The number of amides is 1. The van der Waals surface area contributed by atoms with E-state index in [0.29, 0.717) is 12.4 Å². The van der Waals surface area contributed by atoms with Crippen LogP contribution < -0.4 is 15.4 Å². The number of hydrogen-bond acceptors (Lipinski definition) is 6. The summed E-state index contributed by atoms with van der Waals surface area (Å²) in [6.45, 7) is 4.78. The molecule has 0 aliphatic carbocycles. The van der Waals surface area contributed by atoms with Crippen LogP contribution in [0, 0.1) is 0 Å². The van der Waals surface area contributed by atoms with Gasteiger partial charge in [-0.25, -0.2) is 9.78 Å². The monoisotopic (exact) mass is 529 g/mol. The lowest BCUT2D eigenvalue weighted by atomic mass is 10.0. The second-order valence-electron chi connectivity index (χ2n) is 8.30. The second kappa shape index (κ2) is 13.7. The van der Waals surface area contributed by atoms with Crippen LogP contribution in [0.1, 0.15) is 36.2 Å². The van der Waals surface area contributed by atoms with Crippen LogP contribution in [0.15, 0.2) is 66.9 Å². The Bertz CT molecular complexity index is 1120. The normalized spacial score (nSPS) is 11.6. The molecule has 2 N–H and O–H groups in total. The maximum atomic E-state index is 12.9. The number of rotatable bonds is 12. The molecule has 0 radical (unpaired) electrons. The maximum absolute atomic E-state index is 12.9. The first-order valence-electron chi connectivity index (χ1n) is 11.7. The molecule has 1 atom stereocenters. The van der Waals surface area contributed by atoms with Crippen LogP contribution in [-0.2, 0) is 16.0 Å². The summed E-state index contributed by atoms with van der Waals surface area (Å²) in [7, 11) is 0. The Hall–Kier alpha value is -3.29. The second-order valence-corrected chi connectivity index (χ2v) is 9.11. The zero-order valence-corrected chi connectivity index (χ0v) is 21.7. The van der Waals surface area contributed by atoms with Crippen molar-refractivity contribution in [2.75, 3.05) is 18.5 Å². The van der Waals surface area contributed by atoms with E-state index in [-0.39, 0.29) is 28.1 Å². The Morgan fingerprint density at radius 3 is 2.33 bits per heavy atom. The molecule has 190 valence electrons. The van der Waals surface area contributed by atoms with Crippen LogP contribution in [0.3, 0.4) is 0 Å². The third-order valence-corrected chi connectivity index (χ3v) is 5.69. The predicted molar refractivity (Wildman–Crippen MR) is 142 cm³/mol. The first-order valence-corrected chi connectivity index (χ1v) is 12.4. The van der Waals surface area contributed by atoms with Crippen molar-refractivity contribution < 1.29 is 19.1 Å². The topological polar surface area (TPSA) is 89.6 Å². The molecule has 0 saturated heterocycles. The molecular formula is C27H29Cl2N3O4. The van der Waals surface area contributed by atoms with E-state index in [1.54, 1.807) is 38.2 Å². The molecule has 9 heteroatoms. The summed E-state index contributed by atoms with van der Waals surface area (Å²) in [5.74, 6) is 0.457. The highest BCUT2D eigenvalue weighted by Gasteiger charge is 2.26. The van der Waals surface area contributed by atoms with Gasteiger partial charge in [-0.3, -0.25) is 4.79 Å². The molecule has 0 aliphatic heterocycles. The van der Waals surface area contributed by atoms with Gasteiger partial charge in [0.2, 0.25) is 0 Å². The molecular weight excluding hydrogens is 501 g/mol. The summed E-state index contributed by atoms with van der Waals surface area (Å²) in [5.41, 5.74) is 0.944. The van der Waals surface area contributed by atoms with Gasteiger partial charge in [0.15, 0.2) is 0 Å². The highest BCUT2D eigenvalue weighted by molar-refractivity contribution is 6.39. The first kappa shape index (κ1) is 27.3. The Morgan fingerprint density at radius 1 is 0.972 bits per heavy atom. The molecule has 0 saturated carbocycles. The number of nitrogens with one attached hydrogen (secondary N) is 2. The van der Waals surface area contributed by atoms with Crippen LogP contribution >= 0.6 is 23.2 Å². The van der Waals surface area contributed by atoms with Crippen molar-refractivity contribution in [2.24, 2.45) is 0 Å². The predicted octanol–water partition coefficient (Wildman–Crippen LogP) is 5.56. The van der Waals surface area contributed by atoms with Gasteiger partial charge in [-0.2, -0.15) is 0 Å².